The lowest BCUT2D eigenvalue weighted by Gasteiger charge is -2.04. The highest BCUT2D eigenvalue weighted by Crippen LogP contribution is 2.13. The van der Waals surface area contributed by atoms with Crippen molar-refractivity contribution in [3.8, 4) is 0 Å². The summed E-state index contributed by atoms with van der Waals surface area (Å²) >= 11 is 0. The van der Waals surface area contributed by atoms with E-state index >= 15 is 0 Å². The molecule has 0 aliphatic heterocycles. The average molecular weight is 274 g/mol. The number of hydrogen-bond donors (Lipinski definition) is 1. The summed E-state index contributed by atoms with van der Waals surface area (Å²) in [6, 6.07) is 8.23. The van der Waals surface area contributed by atoms with Crippen molar-refractivity contribution in [1.82, 2.24) is 5.43 Å². The summed E-state index contributed by atoms with van der Waals surface area (Å²) in [6.45, 7) is 6.50. The van der Waals surface area contributed by atoms with Gasteiger partial charge in [-0.25, -0.2) is 5.43 Å². The van der Waals surface area contributed by atoms with Gasteiger partial charge in [0.1, 0.15) is 0 Å². The van der Waals surface area contributed by atoms with Gasteiger partial charge >= 0.3 is 0 Å². The van der Waals surface area contributed by atoms with Crippen molar-refractivity contribution in [2.24, 2.45) is 5.10 Å². The van der Waals surface area contributed by atoms with Crippen molar-refractivity contribution in [3.05, 3.63) is 35.4 Å². The van der Waals surface area contributed by atoms with Gasteiger partial charge in [-0.05, 0) is 23.5 Å². The second-order valence-electron chi connectivity index (χ2n) is 5.43. The first-order chi connectivity index (χ1) is 9.63. The maximum Gasteiger partial charge on any atom is 0.240 e. The number of unbranched alkanes of at least 4 members (excludes halogenated alkanes) is 3. The van der Waals surface area contributed by atoms with Crippen LogP contribution in [0.2, 0.25) is 0 Å². The zero-order valence-corrected chi connectivity index (χ0v) is 12.9. The topological polar surface area (TPSA) is 41.5 Å². The van der Waals surface area contributed by atoms with E-state index < -0.39 is 0 Å². The summed E-state index contributed by atoms with van der Waals surface area (Å²) in [5, 5.41) is 3.99. The largest absolute Gasteiger partial charge is 0.273 e. The van der Waals surface area contributed by atoms with E-state index in [2.05, 4.69) is 43.4 Å². The first-order valence-electron chi connectivity index (χ1n) is 7.55. The quantitative estimate of drug-likeness (QED) is 0.430. The molecular formula is C17H26N2O. The van der Waals surface area contributed by atoms with Crippen LogP contribution in [-0.2, 0) is 4.79 Å². The van der Waals surface area contributed by atoms with Crippen LogP contribution in [0.25, 0.3) is 0 Å². The Balaban J connectivity index is 2.31. The van der Waals surface area contributed by atoms with E-state index in [0.29, 0.717) is 12.3 Å². The predicted molar refractivity (Wildman–Crippen MR) is 85.0 cm³/mol. The second-order valence-corrected chi connectivity index (χ2v) is 5.43. The third kappa shape index (κ3) is 6.50. The van der Waals surface area contributed by atoms with Crippen LogP contribution in [0, 0.1) is 0 Å². The Bertz CT molecular complexity index is 421. The van der Waals surface area contributed by atoms with E-state index in [1.165, 1.54) is 18.4 Å². The fraction of sp³-hybridized carbons (Fsp3) is 0.529. The highest BCUT2D eigenvalue weighted by Gasteiger charge is 1.99. The van der Waals surface area contributed by atoms with E-state index in [1.807, 2.05) is 12.1 Å². The van der Waals surface area contributed by atoms with Crippen LogP contribution in [0.5, 0.6) is 0 Å². The fourth-order valence-corrected chi connectivity index (χ4v) is 1.91. The third-order valence-corrected chi connectivity index (χ3v) is 3.26. The van der Waals surface area contributed by atoms with E-state index in [-0.39, 0.29) is 5.91 Å². The number of benzene rings is 1. The van der Waals surface area contributed by atoms with Crippen LogP contribution in [0.1, 0.15) is 69.9 Å². The Hall–Kier alpha value is -1.64. The molecule has 0 aromatic heterocycles. The van der Waals surface area contributed by atoms with Crippen LogP contribution in [0.4, 0.5) is 0 Å². The maximum atomic E-state index is 11.5. The lowest BCUT2D eigenvalue weighted by molar-refractivity contribution is -0.121. The van der Waals surface area contributed by atoms with Crippen LogP contribution in [-0.4, -0.2) is 12.1 Å². The lowest BCUT2D eigenvalue weighted by Crippen LogP contribution is -2.16. The number of carbonyl (C=O) groups excluding carboxylic acids is 1. The van der Waals surface area contributed by atoms with Crippen LogP contribution >= 0.6 is 0 Å². The molecule has 0 radical (unpaired) electrons. The molecule has 1 N–H and O–H groups in total. The molecule has 3 heteroatoms. The van der Waals surface area contributed by atoms with E-state index in [1.54, 1.807) is 6.21 Å². The van der Waals surface area contributed by atoms with Crippen LogP contribution in [0.3, 0.4) is 0 Å². The molecule has 20 heavy (non-hydrogen) atoms. The molecule has 1 amide bonds. The van der Waals surface area contributed by atoms with Gasteiger partial charge in [0.25, 0.3) is 0 Å². The van der Waals surface area contributed by atoms with E-state index in [4.69, 9.17) is 0 Å². The molecule has 0 spiro atoms. The Kier molecular flexibility index (Phi) is 7.63. The average Bonchev–Trinajstić information content (AvgIpc) is 2.44. The predicted octanol–water partition coefficient (Wildman–Crippen LogP) is 4.23. The van der Waals surface area contributed by atoms with Gasteiger partial charge in [0, 0.05) is 6.42 Å². The van der Waals surface area contributed by atoms with Crippen molar-refractivity contribution in [3.63, 3.8) is 0 Å². The number of hydrazone groups is 1. The minimum Gasteiger partial charge on any atom is -0.273 e. The van der Waals surface area contributed by atoms with Gasteiger partial charge in [-0.3, -0.25) is 4.79 Å². The smallest absolute Gasteiger partial charge is 0.240 e. The van der Waals surface area contributed by atoms with Gasteiger partial charge in [-0.2, -0.15) is 5.10 Å². The summed E-state index contributed by atoms with van der Waals surface area (Å²) < 4.78 is 0. The van der Waals surface area contributed by atoms with Gasteiger partial charge < -0.3 is 0 Å². The molecular weight excluding hydrogens is 248 g/mol. The first kappa shape index (κ1) is 16.4. The van der Waals surface area contributed by atoms with E-state index in [9.17, 15) is 4.79 Å². The number of amides is 1. The molecule has 0 aliphatic carbocycles. The summed E-state index contributed by atoms with van der Waals surface area (Å²) in [5.41, 5.74) is 4.88. The Morgan fingerprint density at radius 2 is 1.90 bits per heavy atom. The van der Waals surface area contributed by atoms with Crippen molar-refractivity contribution in [2.75, 3.05) is 0 Å². The SMILES string of the molecule is CCCCCCC(=O)N/N=C\c1ccc(C(C)C)cc1. The summed E-state index contributed by atoms with van der Waals surface area (Å²) in [6.07, 6.45) is 6.69. The lowest BCUT2D eigenvalue weighted by atomic mass is 10.0. The molecule has 1 rings (SSSR count). The van der Waals surface area contributed by atoms with Crippen molar-refractivity contribution in [1.29, 1.82) is 0 Å². The molecule has 1 aromatic rings. The van der Waals surface area contributed by atoms with Crippen LogP contribution in [0.15, 0.2) is 29.4 Å². The highest BCUT2D eigenvalue weighted by atomic mass is 16.2. The molecule has 0 fully saturated rings. The minimum atomic E-state index is -0.00356. The molecule has 0 bridgehead atoms. The number of carbonyl (C=O) groups is 1. The van der Waals surface area contributed by atoms with Gasteiger partial charge in [-0.15, -0.1) is 0 Å². The first-order valence-corrected chi connectivity index (χ1v) is 7.55. The van der Waals surface area contributed by atoms with Gasteiger partial charge in [-0.1, -0.05) is 64.3 Å². The van der Waals surface area contributed by atoms with Crippen molar-refractivity contribution in [2.45, 2.75) is 58.8 Å². The molecule has 0 aliphatic rings. The molecule has 0 heterocycles. The summed E-state index contributed by atoms with van der Waals surface area (Å²) in [7, 11) is 0. The molecule has 0 saturated heterocycles. The number of hydrogen-bond acceptors (Lipinski definition) is 2. The fourth-order valence-electron chi connectivity index (χ4n) is 1.91. The molecule has 1 aromatic carbocycles. The van der Waals surface area contributed by atoms with Gasteiger partial charge in [0.15, 0.2) is 0 Å². The number of nitrogens with one attached hydrogen (secondary N) is 1. The standard InChI is InChI=1S/C17H26N2O/c1-4-5-6-7-8-17(20)19-18-13-15-9-11-16(12-10-15)14(2)3/h9-14H,4-8H2,1-3H3,(H,19,20)/b18-13-. The number of rotatable bonds is 8. The van der Waals surface area contributed by atoms with Crippen molar-refractivity contribution < 1.29 is 4.79 Å². The Labute approximate surface area is 122 Å². The minimum absolute atomic E-state index is 0.00356. The third-order valence-electron chi connectivity index (χ3n) is 3.26. The number of nitrogens with zero attached hydrogens (tertiary/aromatic N) is 1. The summed E-state index contributed by atoms with van der Waals surface area (Å²) in [5.74, 6) is 0.528. The van der Waals surface area contributed by atoms with Crippen LogP contribution < -0.4 is 5.43 Å². The molecule has 0 unspecified atom stereocenters. The molecule has 0 atom stereocenters. The highest BCUT2D eigenvalue weighted by molar-refractivity contribution is 5.82. The van der Waals surface area contributed by atoms with Gasteiger partial charge in [0.05, 0.1) is 6.21 Å². The second kappa shape index (κ2) is 9.29. The molecule has 3 nitrogen and oxygen atoms in total. The Morgan fingerprint density at radius 3 is 2.50 bits per heavy atom. The summed E-state index contributed by atoms with van der Waals surface area (Å²) in [4.78, 5) is 11.5. The Morgan fingerprint density at radius 1 is 1.20 bits per heavy atom. The monoisotopic (exact) mass is 274 g/mol. The van der Waals surface area contributed by atoms with E-state index in [0.717, 1.165) is 18.4 Å². The molecule has 110 valence electrons. The van der Waals surface area contributed by atoms with Gasteiger partial charge in [0.2, 0.25) is 5.91 Å². The zero-order chi connectivity index (χ0) is 14.8. The van der Waals surface area contributed by atoms with Crippen molar-refractivity contribution >= 4 is 12.1 Å². The zero-order valence-electron chi connectivity index (χ0n) is 12.9. The molecule has 0 saturated carbocycles. The normalized spacial score (nSPS) is 11.2. The maximum absolute atomic E-state index is 11.5.